The van der Waals surface area contributed by atoms with E-state index in [-0.39, 0.29) is 24.5 Å². The molecule has 1 heterocycles. The highest BCUT2D eigenvalue weighted by atomic mass is 19.4. The predicted octanol–water partition coefficient (Wildman–Crippen LogP) is 5.24. The minimum atomic E-state index is -4.45. The topological polar surface area (TPSA) is 65.7 Å². The number of anilines is 1. The fourth-order valence-electron chi connectivity index (χ4n) is 2.59. The van der Waals surface area contributed by atoms with Crippen LogP contribution in [-0.4, -0.2) is 16.0 Å². The van der Waals surface area contributed by atoms with Crippen LogP contribution < -0.4 is 5.32 Å². The molecule has 0 saturated heterocycles. The first kappa shape index (κ1) is 19.3. The van der Waals surface area contributed by atoms with Crippen LogP contribution in [0.5, 0.6) is 5.75 Å². The summed E-state index contributed by atoms with van der Waals surface area (Å²) in [7, 11) is 0. The van der Waals surface area contributed by atoms with Crippen LogP contribution in [0.15, 0.2) is 71.3 Å². The molecular weight excluding hydrogens is 373 g/mol. The number of halogens is 3. The Hall–Kier alpha value is -3.42. The number of hydrogen-bond donors (Lipinski definition) is 2. The number of hydrogen-bond acceptors (Lipinski definition) is 3. The van der Waals surface area contributed by atoms with Crippen molar-refractivity contribution >= 4 is 11.7 Å². The summed E-state index contributed by atoms with van der Waals surface area (Å²) in [4.78, 5) is 14.1. The van der Waals surface area contributed by atoms with E-state index in [1.54, 1.807) is 30.3 Å². The smallest absolute Gasteiger partial charge is 0.416 e. The zero-order chi connectivity index (χ0) is 20.1. The Morgan fingerprint density at radius 1 is 1.00 bits per heavy atom. The average molecular weight is 390 g/mol. The molecular formula is C20H17F3N2O3. The van der Waals surface area contributed by atoms with Crippen LogP contribution in [-0.2, 0) is 19.3 Å². The van der Waals surface area contributed by atoms with Crippen molar-refractivity contribution in [2.24, 2.45) is 0 Å². The van der Waals surface area contributed by atoms with Crippen molar-refractivity contribution < 1.29 is 27.5 Å². The molecule has 0 aliphatic carbocycles. The number of nitrogens with zero attached hydrogens (tertiary/aromatic N) is 1. The van der Waals surface area contributed by atoms with Gasteiger partial charge in [-0.05, 0) is 42.5 Å². The van der Waals surface area contributed by atoms with Crippen LogP contribution in [0.4, 0.5) is 23.7 Å². The van der Waals surface area contributed by atoms with E-state index in [0.717, 1.165) is 12.1 Å². The Morgan fingerprint density at radius 3 is 2.32 bits per heavy atom. The number of nitrogens with one attached hydrogen (secondary N) is 1. The number of furan rings is 1. The summed E-state index contributed by atoms with van der Waals surface area (Å²) in [6.45, 7) is 0.202. The summed E-state index contributed by atoms with van der Waals surface area (Å²) >= 11 is 0. The van der Waals surface area contributed by atoms with Gasteiger partial charge in [-0.25, -0.2) is 4.79 Å². The fourth-order valence-corrected chi connectivity index (χ4v) is 2.59. The Kier molecular flexibility index (Phi) is 5.58. The number of carbonyl (C=O) groups is 1. The fraction of sp³-hybridized carbons (Fsp3) is 0.150. The van der Waals surface area contributed by atoms with Crippen molar-refractivity contribution in [3.05, 3.63) is 83.8 Å². The average Bonchev–Trinajstić information content (AvgIpc) is 3.16. The van der Waals surface area contributed by atoms with Crippen molar-refractivity contribution in [1.82, 2.24) is 4.90 Å². The lowest BCUT2D eigenvalue weighted by atomic mass is 10.2. The van der Waals surface area contributed by atoms with E-state index in [1.165, 1.54) is 29.4 Å². The Morgan fingerprint density at radius 2 is 1.71 bits per heavy atom. The Balaban J connectivity index is 1.77. The van der Waals surface area contributed by atoms with Gasteiger partial charge in [0.2, 0.25) is 0 Å². The van der Waals surface area contributed by atoms with Gasteiger partial charge in [-0.2, -0.15) is 13.2 Å². The Bertz CT molecular complexity index is 923. The highest BCUT2D eigenvalue weighted by molar-refractivity contribution is 5.89. The molecule has 2 amide bonds. The van der Waals surface area contributed by atoms with E-state index in [0.29, 0.717) is 11.3 Å². The zero-order valence-corrected chi connectivity index (χ0v) is 14.6. The molecule has 0 aliphatic heterocycles. The number of para-hydroxylation sites is 1. The van der Waals surface area contributed by atoms with Crippen molar-refractivity contribution in [2.45, 2.75) is 19.3 Å². The number of benzene rings is 2. The molecule has 3 rings (SSSR count). The zero-order valence-electron chi connectivity index (χ0n) is 14.6. The molecule has 1 aromatic heterocycles. The first-order chi connectivity index (χ1) is 13.3. The second-order valence-corrected chi connectivity index (χ2v) is 6.07. The van der Waals surface area contributed by atoms with Gasteiger partial charge in [-0.15, -0.1) is 0 Å². The number of aromatic hydroxyl groups is 1. The molecule has 28 heavy (non-hydrogen) atoms. The van der Waals surface area contributed by atoms with Crippen molar-refractivity contribution in [3.63, 3.8) is 0 Å². The summed E-state index contributed by atoms with van der Waals surface area (Å²) in [6, 6.07) is 13.6. The van der Waals surface area contributed by atoms with E-state index in [4.69, 9.17) is 4.42 Å². The maximum atomic E-state index is 12.7. The van der Waals surface area contributed by atoms with E-state index >= 15 is 0 Å². The van der Waals surface area contributed by atoms with Crippen molar-refractivity contribution in [3.8, 4) is 5.75 Å². The summed E-state index contributed by atoms with van der Waals surface area (Å²) in [6.07, 6.45) is -2.97. The number of carbonyl (C=O) groups excluding carboxylic acids is 1. The SMILES string of the molecule is O=C(Nc1ccc(C(F)(F)F)cc1)N(Cc1ccco1)Cc1ccccc1O. The quantitative estimate of drug-likeness (QED) is 0.626. The first-order valence-corrected chi connectivity index (χ1v) is 8.35. The molecule has 0 radical (unpaired) electrons. The van der Waals surface area contributed by atoms with Crippen LogP contribution in [0.1, 0.15) is 16.9 Å². The number of phenolic OH excluding ortho intramolecular Hbond substituents is 1. The molecule has 0 bridgehead atoms. The van der Waals surface area contributed by atoms with E-state index in [9.17, 15) is 23.1 Å². The van der Waals surface area contributed by atoms with Gasteiger partial charge in [0.1, 0.15) is 11.5 Å². The highest BCUT2D eigenvalue weighted by Crippen LogP contribution is 2.30. The predicted molar refractivity (Wildman–Crippen MR) is 96.5 cm³/mol. The number of alkyl halides is 3. The van der Waals surface area contributed by atoms with E-state index in [2.05, 4.69) is 5.32 Å². The van der Waals surface area contributed by atoms with Crippen LogP contribution in [0, 0.1) is 0 Å². The third kappa shape index (κ3) is 4.85. The minimum absolute atomic E-state index is 0.0364. The monoisotopic (exact) mass is 390 g/mol. The second kappa shape index (κ2) is 8.08. The van der Waals surface area contributed by atoms with E-state index < -0.39 is 17.8 Å². The van der Waals surface area contributed by atoms with Crippen molar-refractivity contribution in [1.29, 1.82) is 0 Å². The lowest BCUT2D eigenvalue weighted by Gasteiger charge is -2.23. The van der Waals surface area contributed by atoms with Crippen LogP contribution >= 0.6 is 0 Å². The molecule has 0 fully saturated rings. The van der Waals surface area contributed by atoms with Gasteiger partial charge < -0.3 is 19.7 Å². The van der Waals surface area contributed by atoms with Gasteiger partial charge in [0, 0.05) is 11.3 Å². The maximum absolute atomic E-state index is 12.7. The Labute approximate surface area is 159 Å². The lowest BCUT2D eigenvalue weighted by Crippen LogP contribution is -2.34. The third-order valence-electron chi connectivity index (χ3n) is 4.03. The van der Waals surface area contributed by atoms with Gasteiger partial charge in [-0.3, -0.25) is 0 Å². The van der Waals surface area contributed by atoms with Crippen molar-refractivity contribution in [2.75, 3.05) is 5.32 Å². The number of amides is 2. The van der Waals surface area contributed by atoms with Crippen LogP contribution in [0.2, 0.25) is 0 Å². The standard InChI is InChI=1S/C20H17F3N2O3/c21-20(22,23)15-7-9-16(10-8-15)24-19(27)25(13-17-5-3-11-28-17)12-14-4-1-2-6-18(14)26/h1-11,26H,12-13H2,(H,24,27). The molecule has 3 aromatic rings. The molecule has 0 spiro atoms. The summed E-state index contributed by atoms with van der Waals surface area (Å²) in [5.41, 5.74) is -0.0523. The van der Waals surface area contributed by atoms with E-state index in [1.807, 2.05) is 0 Å². The normalized spacial score (nSPS) is 11.2. The molecule has 0 unspecified atom stereocenters. The molecule has 2 N–H and O–H groups in total. The lowest BCUT2D eigenvalue weighted by molar-refractivity contribution is -0.137. The highest BCUT2D eigenvalue weighted by Gasteiger charge is 2.30. The summed E-state index contributed by atoms with van der Waals surface area (Å²) in [5.74, 6) is 0.562. The molecule has 2 aromatic carbocycles. The van der Waals surface area contributed by atoms with Crippen LogP contribution in [0.25, 0.3) is 0 Å². The molecule has 8 heteroatoms. The third-order valence-corrected chi connectivity index (χ3v) is 4.03. The largest absolute Gasteiger partial charge is 0.508 e. The number of urea groups is 1. The first-order valence-electron chi connectivity index (χ1n) is 8.35. The van der Waals surface area contributed by atoms with Gasteiger partial charge in [-0.1, -0.05) is 18.2 Å². The number of phenols is 1. The maximum Gasteiger partial charge on any atom is 0.416 e. The summed E-state index contributed by atoms with van der Waals surface area (Å²) in [5, 5.41) is 12.5. The molecule has 0 saturated carbocycles. The second-order valence-electron chi connectivity index (χ2n) is 6.07. The van der Waals surface area contributed by atoms with Gasteiger partial charge in [0.05, 0.1) is 24.9 Å². The molecule has 5 nitrogen and oxygen atoms in total. The summed E-state index contributed by atoms with van der Waals surface area (Å²) < 4.78 is 43.3. The number of rotatable bonds is 5. The van der Waals surface area contributed by atoms with Crippen LogP contribution in [0.3, 0.4) is 0 Å². The van der Waals surface area contributed by atoms with Gasteiger partial charge in [0.25, 0.3) is 0 Å². The van der Waals surface area contributed by atoms with Gasteiger partial charge in [0.15, 0.2) is 0 Å². The van der Waals surface area contributed by atoms with Gasteiger partial charge >= 0.3 is 12.2 Å². The molecule has 0 aliphatic rings. The molecule has 146 valence electrons. The molecule has 0 atom stereocenters. The minimum Gasteiger partial charge on any atom is -0.508 e.